The van der Waals surface area contributed by atoms with Gasteiger partial charge in [-0.25, -0.2) is 0 Å². The second-order valence-electron chi connectivity index (χ2n) is 6.80. The van der Waals surface area contributed by atoms with E-state index in [1.54, 1.807) is 6.07 Å². The summed E-state index contributed by atoms with van der Waals surface area (Å²) in [4.78, 5) is 29.1. The topological polar surface area (TPSA) is 71.1 Å². The predicted octanol–water partition coefficient (Wildman–Crippen LogP) is 4.19. The summed E-state index contributed by atoms with van der Waals surface area (Å²) in [6.45, 7) is 6.38. The van der Waals surface area contributed by atoms with E-state index >= 15 is 0 Å². The third kappa shape index (κ3) is 4.62. The Morgan fingerprint density at radius 3 is 2.43 bits per heavy atom. The Morgan fingerprint density at radius 1 is 0.929 bits per heavy atom. The number of hydrogen-bond donors (Lipinski definition) is 2. The van der Waals surface area contributed by atoms with Gasteiger partial charge < -0.3 is 10.6 Å². The van der Waals surface area contributed by atoms with Crippen molar-refractivity contribution < 1.29 is 9.59 Å². The lowest BCUT2D eigenvalue weighted by atomic mass is 10.1. The van der Waals surface area contributed by atoms with Crippen LogP contribution in [-0.2, 0) is 6.54 Å². The first kappa shape index (κ1) is 19.3. The van der Waals surface area contributed by atoms with Gasteiger partial charge in [-0.3, -0.25) is 14.6 Å². The average Bonchev–Trinajstić information content (AvgIpc) is 2.71. The van der Waals surface area contributed by atoms with E-state index in [4.69, 9.17) is 0 Å². The van der Waals surface area contributed by atoms with Gasteiger partial charge in [-0.15, -0.1) is 0 Å². The zero-order chi connectivity index (χ0) is 20.1. The first-order valence-corrected chi connectivity index (χ1v) is 9.11. The quantitative estimate of drug-likeness (QED) is 0.704. The van der Waals surface area contributed by atoms with Crippen LogP contribution in [0.3, 0.4) is 0 Å². The Balaban J connectivity index is 1.68. The van der Waals surface area contributed by atoms with E-state index < -0.39 is 0 Å². The van der Waals surface area contributed by atoms with Crippen molar-refractivity contribution in [2.75, 3.05) is 5.32 Å². The van der Waals surface area contributed by atoms with Crippen LogP contribution in [0.5, 0.6) is 0 Å². The minimum Gasteiger partial charge on any atom is -0.348 e. The van der Waals surface area contributed by atoms with Gasteiger partial charge in [0, 0.05) is 24.0 Å². The smallest absolute Gasteiger partial charge is 0.274 e. The number of aryl methyl sites for hydroxylation is 2. The zero-order valence-corrected chi connectivity index (χ0v) is 16.2. The molecule has 5 heteroatoms. The van der Waals surface area contributed by atoms with Crippen LogP contribution in [0.25, 0.3) is 0 Å². The summed E-state index contributed by atoms with van der Waals surface area (Å²) < 4.78 is 0. The fraction of sp³-hybridized carbons (Fsp3) is 0.174. The van der Waals surface area contributed by atoms with Gasteiger partial charge in [0.15, 0.2) is 0 Å². The minimum absolute atomic E-state index is 0.198. The summed E-state index contributed by atoms with van der Waals surface area (Å²) in [6.07, 6.45) is 1.47. The molecule has 0 fully saturated rings. The molecule has 0 aliphatic rings. The minimum atomic E-state index is -0.345. The summed E-state index contributed by atoms with van der Waals surface area (Å²) >= 11 is 0. The molecule has 0 atom stereocenters. The van der Waals surface area contributed by atoms with Gasteiger partial charge in [0.1, 0.15) is 5.69 Å². The lowest BCUT2D eigenvalue weighted by Gasteiger charge is -2.11. The highest BCUT2D eigenvalue weighted by atomic mass is 16.2. The molecule has 28 heavy (non-hydrogen) atoms. The third-order valence-corrected chi connectivity index (χ3v) is 4.68. The van der Waals surface area contributed by atoms with Gasteiger partial charge in [-0.1, -0.05) is 42.0 Å². The molecule has 2 N–H and O–H groups in total. The number of rotatable bonds is 5. The van der Waals surface area contributed by atoms with Crippen molar-refractivity contribution in [3.8, 4) is 0 Å². The van der Waals surface area contributed by atoms with Crippen molar-refractivity contribution >= 4 is 17.5 Å². The fourth-order valence-corrected chi connectivity index (χ4v) is 2.76. The number of amides is 2. The van der Waals surface area contributed by atoms with Crippen LogP contribution in [0.2, 0.25) is 0 Å². The molecule has 1 heterocycles. The van der Waals surface area contributed by atoms with Gasteiger partial charge in [-0.05, 0) is 55.7 Å². The Hall–Kier alpha value is -3.47. The largest absolute Gasteiger partial charge is 0.348 e. The molecule has 5 nitrogen and oxygen atoms in total. The fourth-order valence-electron chi connectivity index (χ4n) is 2.76. The molecule has 0 radical (unpaired) electrons. The summed E-state index contributed by atoms with van der Waals surface area (Å²) in [5.41, 5.74) is 5.61. The van der Waals surface area contributed by atoms with E-state index in [-0.39, 0.29) is 17.5 Å². The van der Waals surface area contributed by atoms with Crippen LogP contribution >= 0.6 is 0 Å². The Kier molecular flexibility index (Phi) is 5.84. The van der Waals surface area contributed by atoms with E-state index in [1.165, 1.54) is 17.8 Å². The van der Waals surface area contributed by atoms with Crippen molar-refractivity contribution in [1.29, 1.82) is 0 Å². The van der Waals surface area contributed by atoms with Crippen LogP contribution in [0, 0.1) is 20.8 Å². The number of nitrogens with zero attached hydrogens (tertiary/aromatic N) is 1. The van der Waals surface area contributed by atoms with E-state index in [0.717, 1.165) is 22.4 Å². The first-order chi connectivity index (χ1) is 13.4. The maximum absolute atomic E-state index is 12.6. The second kappa shape index (κ2) is 8.48. The number of carbonyl (C=O) groups excluding carboxylic acids is 2. The second-order valence-corrected chi connectivity index (χ2v) is 6.80. The molecule has 1 aromatic heterocycles. The van der Waals surface area contributed by atoms with Gasteiger partial charge in [0.25, 0.3) is 11.8 Å². The molecule has 2 amide bonds. The maximum Gasteiger partial charge on any atom is 0.274 e. The summed E-state index contributed by atoms with van der Waals surface area (Å²) in [7, 11) is 0. The van der Waals surface area contributed by atoms with E-state index in [0.29, 0.717) is 12.1 Å². The molecule has 0 saturated heterocycles. The number of carbonyl (C=O) groups is 2. The number of pyridine rings is 1. The standard InChI is InChI=1S/C23H23N3O2/c1-15-7-9-18(10-8-15)14-25-22(27)19-11-12-24-21(13-19)23(28)26-20-6-4-5-16(2)17(20)3/h4-13H,14H2,1-3H3,(H,25,27)(H,26,28). The van der Waals surface area contributed by atoms with Crippen molar-refractivity contribution in [3.05, 3.63) is 94.3 Å². The Bertz CT molecular complexity index is 1010. The van der Waals surface area contributed by atoms with Crippen molar-refractivity contribution in [3.63, 3.8) is 0 Å². The van der Waals surface area contributed by atoms with Crippen molar-refractivity contribution in [2.45, 2.75) is 27.3 Å². The van der Waals surface area contributed by atoms with Gasteiger partial charge in [0.2, 0.25) is 0 Å². The third-order valence-electron chi connectivity index (χ3n) is 4.68. The summed E-state index contributed by atoms with van der Waals surface area (Å²) in [5.74, 6) is -0.592. The summed E-state index contributed by atoms with van der Waals surface area (Å²) in [6, 6.07) is 16.8. The molecule has 0 unspecified atom stereocenters. The van der Waals surface area contributed by atoms with E-state index in [2.05, 4.69) is 15.6 Å². The molecule has 0 spiro atoms. The van der Waals surface area contributed by atoms with Crippen molar-refractivity contribution in [2.24, 2.45) is 0 Å². The molecule has 142 valence electrons. The molecule has 0 aliphatic carbocycles. The van der Waals surface area contributed by atoms with Crippen molar-refractivity contribution in [1.82, 2.24) is 10.3 Å². The maximum atomic E-state index is 12.6. The predicted molar refractivity (Wildman–Crippen MR) is 110 cm³/mol. The van der Waals surface area contributed by atoms with Gasteiger partial charge >= 0.3 is 0 Å². The molecule has 3 rings (SSSR count). The van der Waals surface area contributed by atoms with Crippen LogP contribution in [0.1, 0.15) is 43.1 Å². The van der Waals surface area contributed by atoms with E-state index in [9.17, 15) is 9.59 Å². The first-order valence-electron chi connectivity index (χ1n) is 9.11. The van der Waals surface area contributed by atoms with Crippen LogP contribution in [-0.4, -0.2) is 16.8 Å². The number of hydrogen-bond acceptors (Lipinski definition) is 3. The zero-order valence-electron chi connectivity index (χ0n) is 16.2. The number of aromatic nitrogens is 1. The number of anilines is 1. The molecule has 0 aliphatic heterocycles. The molecule has 3 aromatic rings. The molecule has 0 bridgehead atoms. The van der Waals surface area contributed by atoms with Gasteiger partial charge in [0.05, 0.1) is 0 Å². The molecular formula is C23H23N3O2. The van der Waals surface area contributed by atoms with Gasteiger partial charge in [-0.2, -0.15) is 0 Å². The lowest BCUT2D eigenvalue weighted by Crippen LogP contribution is -2.23. The van der Waals surface area contributed by atoms with E-state index in [1.807, 2.05) is 63.2 Å². The van der Waals surface area contributed by atoms with Crippen LogP contribution in [0.4, 0.5) is 5.69 Å². The monoisotopic (exact) mass is 373 g/mol. The Labute approximate surface area is 164 Å². The number of nitrogens with one attached hydrogen (secondary N) is 2. The number of benzene rings is 2. The van der Waals surface area contributed by atoms with Crippen LogP contribution < -0.4 is 10.6 Å². The SMILES string of the molecule is Cc1ccc(CNC(=O)c2ccnc(C(=O)Nc3cccc(C)c3C)c2)cc1. The molecule has 0 saturated carbocycles. The average molecular weight is 373 g/mol. The molecular weight excluding hydrogens is 350 g/mol. The highest BCUT2D eigenvalue weighted by molar-refractivity contribution is 6.05. The highest BCUT2D eigenvalue weighted by Crippen LogP contribution is 2.18. The molecule has 2 aromatic carbocycles. The normalized spacial score (nSPS) is 10.4. The summed E-state index contributed by atoms with van der Waals surface area (Å²) in [5, 5.41) is 5.73. The Morgan fingerprint density at radius 2 is 1.68 bits per heavy atom. The van der Waals surface area contributed by atoms with Crippen LogP contribution in [0.15, 0.2) is 60.8 Å². The lowest BCUT2D eigenvalue weighted by molar-refractivity contribution is 0.0951. The highest BCUT2D eigenvalue weighted by Gasteiger charge is 2.13.